The molecule has 7 heteroatoms. The minimum atomic E-state index is -1.05. The summed E-state index contributed by atoms with van der Waals surface area (Å²) in [7, 11) is -1.05. The first kappa shape index (κ1) is 16.8. The van der Waals surface area contributed by atoms with Gasteiger partial charge in [-0.25, -0.2) is 0 Å². The van der Waals surface area contributed by atoms with Gasteiger partial charge in [0.15, 0.2) is 0 Å². The van der Waals surface area contributed by atoms with E-state index in [1.165, 1.54) is 6.07 Å². The Labute approximate surface area is 136 Å². The molecule has 0 aliphatic rings. The van der Waals surface area contributed by atoms with E-state index in [9.17, 15) is 19.1 Å². The second kappa shape index (κ2) is 7.15. The number of nitro benzene ring substituents is 1. The first-order chi connectivity index (χ1) is 10.9. The van der Waals surface area contributed by atoms with Crippen molar-refractivity contribution in [1.29, 1.82) is 0 Å². The second-order valence-corrected chi connectivity index (χ2v) is 6.39. The highest BCUT2D eigenvalue weighted by atomic mass is 32.2. The van der Waals surface area contributed by atoms with Crippen molar-refractivity contribution < 1.29 is 13.9 Å². The molecule has 0 aliphatic heterocycles. The van der Waals surface area contributed by atoms with E-state index in [0.29, 0.717) is 10.5 Å². The molecule has 2 aromatic rings. The average molecular weight is 332 g/mol. The number of nitro groups is 1. The number of rotatable bonds is 5. The molecule has 0 unspecified atom stereocenters. The standard InChI is InChI=1S/C16H16N2O4S/c1-11-4-3-5-14(18(20)21)15(11)16(19)17-10-12-6-8-13(9-7-12)23(2)22/h3-9H,10H2,1-2H3,(H,17,19)/t23-/m0/s1. The molecular weight excluding hydrogens is 316 g/mol. The van der Waals surface area contributed by atoms with E-state index < -0.39 is 21.6 Å². The van der Waals surface area contributed by atoms with Crippen molar-refractivity contribution in [3.8, 4) is 0 Å². The Bertz CT molecular complexity index is 772. The van der Waals surface area contributed by atoms with E-state index in [-0.39, 0.29) is 17.8 Å². The smallest absolute Gasteiger partial charge is 0.282 e. The third kappa shape index (κ3) is 4.01. The largest absolute Gasteiger partial charge is 0.348 e. The molecule has 1 N–H and O–H groups in total. The highest BCUT2D eigenvalue weighted by molar-refractivity contribution is 7.84. The van der Waals surface area contributed by atoms with Crippen LogP contribution in [-0.4, -0.2) is 21.3 Å². The van der Waals surface area contributed by atoms with Crippen LogP contribution >= 0.6 is 0 Å². The fourth-order valence-electron chi connectivity index (χ4n) is 2.17. The van der Waals surface area contributed by atoms with Gasteiger partial charge in [0.05, 0.1) is 4.92 Å². The summed E-state index contributed by atoms with van der Waals surface area (Å²) in [4.78, 5) is 23.5. The third-order valence-corrected chi connectivity index (χ3v) is 4.32. The van der Waals surface area contributed by atoms with Gasteiger partial charge in [0.1, 0.15) is 5.56 Å². The number of hydrogen-bond acceptors (Lipinski definition) is 4. The summed E-state index contributed by atoms with van der Waals surface area (Å²) in [6.45, 7) is 1.90. The van der Waals surface area contributed by atoms with E-state index in [4.69, 9.17) is 0 Å². The van der Waals surface area contributed by atoms with Crippen molar-refractivity contribution in [1.82, 2.24) is 5.32 Å². The molecule has 0 bridgehead atoms. The predicted molar refractivity (Wildman–Crippen MR) is 87.8 cm³/mol. The number of carbonyl (C=O) groups excluding carboxylic acids is 1. The topological polar surface area (TPSA) is 89.3 Å². The Morgan fingerprint density at radius 1 is 1.22 bits per heavy atom. The van der Waals surface area contributed by atoms with Gasteiger partial charge in [-0.15, -0.1) is 0 Å². The van der Waals surface area contributed by atoms with Crippen LogP contribution in [0.1, 0.15) is 21.5 Å². The fourth-order valence-corrected chi connectivity index (χ4v) is 2.69. The molecule has 0 spiro atoms. The lowest BCUT2D eigenvalue weighted by molar-refractivity contribution is -0.385. The molecule has 0 saturated heterocycles. The Morgan fingerprint density at radius 3 is 2.43 bits per heavy atom. The maximum Gasteiger partial charge on any atom is 0.282 e. The summed E-state index contributed by atoms with van der Waals surface area (Å²) >= 11 is 0. The van der Waals surface area contributed by atoms with E-state index >= 15 is 0 Å². The van der Waals surface area contributed by atoms with Crippen LogP contribution in [0.4, 0.5) is 5.69 Å². The van der Waals surface area contributed by atoms with Gasteiger partial charge in [-0.05, 0) is 30.2 Å². The Kier molecular flexibility index (Phi) is 5.23. The highest BCUT2D eigenvalue weighted by Gasteiger charge is 2.21. The molecule has 0 heterocycles. The van der Waals surface area contributed by atoms with Crippen LogP contribution in [0.2, 0.25) is 0 Å². The Morgan fingerprint density at radius 2 is 1.87 bits per heavy atom. The van der Waals surface area contributed by atoms with Crippen molar-refractivity contribution in [2.75, 3.05) is 6.26 Å². The van der Waals surface area contributed by atoms with Crippen molar-refractivity contribution in [3.05, 3.63) is 69.3 Å². The van der Waals surface area contributed by atoms with E-state index in [0.717, 1.165) is 5.56 Å². The van der Waals surface area contributed by atoms with Crippen LogP contribution in [0.15, 0.2) is 47.4 Å². The van der Waals surface area contributed by atoms with Crippen molar-refractivity contribution in [3.63, 3.8) is 0 Å². The van der Waals surface area contributed by atoms with Crippen LogP contribution in [0.5, 0.6) is 0 Å². The van der Waals surface area contributed by atoms with Crippen LogP contribution in [-0.2, 0) is 17.3 Å². The van der Waals surface area contributed by atoms with Gasteiger partial charge in [0.25, 0.3) is 11.6 Å². The van der Waals surface area contributed by atoms with Gasteiger partial charge >= 0.3 is 0 Å². The number of amides is 1. The number of carbonyl (C=O) groups is 1. The lowest BCUT2D eigenvalue weighted by atomic mass is 10.1. The molecule has 2 aromatic carbocycles. The quantitative estimate of drug-likeness (QED) is 0.673. The minimum Gasteiger partial charge on any atom is -0.348 e. The van der Waals surface area contributed by atoms with E-state index in [2.05, 4.69) is 5.32 Å². The Hall–Kier alpha value is -2.54. The summed E-state index contributed by atoms with van der Waals surface area (Å²) in [6, 6.07) is 11.5. The maximum atomic E-state index is 12.3. The van der Waals surface area contributed by atoms with Gasteiger partial charge in [-0.2, -0.15) is 0 Å². The maximum absolute atomic E-state index is 12.3. The van der Waals surface area contributed by atoms with Crippen LogP contribution in [0.25, 0.3) is 0 Å². The number of nitrogens with zero attached hydrogens (tertiary/aromatic N) is 1. The number of hydrogen-bond donors (Lipinski definition) is 1. The summed E-state index contributed by atoms with van der Waals surface area (Å²) in [5.74, 6) is -0.488. The minimum absolute atomic E-state index is 0.0729. The lowest BCUT2D eigenvalue weighted by Gasteiger charge is -2.08. The molecule has 120 valence electrons. The van der Waals surface area contributed by atoms with E-state index in [1.54, 1.807) is 49.6 Å². The van der Waals surface area contributed by atoms with Gasteiger partial charge in [-0.3, -0.25) is 19.1 Å². The van der Waals surface area contributed by atoms with Gasteiger partial charge in [0, 0.05) is 34.6 Å². The average Bonchev–Trinajstić information content (AvgIpc) is 2.52. The predicted octanol–water partition coefficient (Wildman–Crippen LogP) is 2.57. The summed E-state index contributed by atoms with van der Waals surface area (Å²) < 4.78 is 11.3. The zero-order valence-electron chi connectivity index (χ0n) is 12.7. The van der Waals surface area contributed by atoms with E-state index in [1.807, 2.05) is 0 Å². The first-order valence-corrected chi connectivity index (χ1v) is 8.40. The molecule has 0 fully saturated rings. The first-order valence-electron chi connectivity index (χ1n) is 6.84. The Balaban J connectivity index is 2.14. The molecule has 0 aromatic heterocycles. The van der Waals surface area contributed by atoms with Crippen LogP contribution in [0, 0.1) is 17.0 Å². The molecule has 1 atom stereocenters. The lowest BCUT2D eigenvalue weighted by Crippen LogP contribution is -2.24. The zero-order chi connectivity index (χ0) is 17.0. The summed E-state index contributed by atoms with van der Waals surface area (Å²) in [5, 5.41) is 13.7. The van der Waals surface area contributed by atoms with Crippen molar-refractivity contribution in [2.45, 2.75) is 18.4 Å². The normalized spacial score (nSPS) is 11.7. The molecule has 23 heavy (non-hydrogen) atoms. The molecular formula is C16H16N2O4S. The van der Waals surface area contributed by atoms with Gasteiger partial charge in [-0.1, -0.05) is 24.3 Å². The number of aryl methyl sites for hydroxylation is 1. The van der Waals surface area contributed by atoms with Crippen molar-refractivity contribution >= 4 is 22.4 Å². The van der Waals surface area contributed by atoms with Gasteiger partial charge < -0.3 is 5.32 Å². The fraction of sp³-hybridized carbons (Fsp3) is 0.188. The van der Waals surface area contributed by atoms with Gasteiger partial charge in [0.2, 0.25) is 0 Å². The zero-order valence-corrected chi connectivity index (χ0v) is 13.6. The van der Waals surface area contributed by atoms with Crippen LogP contribution in [0.3, 0.4) is 0 Å². The second-order valence-electron chi connectivity index (χ2n) is 5.01. The molecule has 0 saturated carbocycles. The summed E-state index contributed by atoms with van der Waals surface area (Å²) in [6.07, 6.45) is 1.59. The molecule has 0 radical (unpaired) electrons. The highest BCUT2D eigenvalue weighted by Crippen LogP contribution is 2.21. The molecule has 1 amide bonds. The monoisotopic (exact) mass is 332 g/mol. The van der Waals surface area contributed by atoms with Crippen molar-refractivity contribution in [2.24, 2.45) is 0 Å². The molecule has 0 aliphatic carbocycles. The van der Waals surface area contributed by atoms with Crippen LogP contribution < -0.4 is 5.32 Å². The number of benzene rings is 2. The SMILES string of the molecule is Cc1cccc([N+](=O)[O-])c1C(=O)NCc1ccc([S@](C)=O)cc1. The number of nitrogens with one attached hydrogen (secondary N) is 1. The third-order valence-electron chi connectivity index (χ3n) is 3.38. The molecule has 6 nitrogen and oxygen atoms in total. The molecule has 2 rings (SSSR count). The summed E-state index contributed by atoms with van der Waals surface area (Å²) in [5.41, 5.74) is 1.24.